The van der Waals surface area contributed by atoms with Crippen LogP contribution in [-0.4, -0.2) is 40.9 Å². The van der Waals surface area contributed by atoms with E-state index in [0.29, 0.717) is 29.6 Å². The number of benzene rings is 1. The Morgan fingerprint density at radius 1 is 1.31 bits per heavy atom. The fourth-order valence-corrected chi connectivity index (χ4v) is 3.50. The van der Waals surface area contributed by atoms with Gasteiger partial charge in [0.25, 0.3) is 5.91 Å². The Hall–Kier alpha value is -2.06. The van der Waals surface area contributed by atoms with Crippen LogP contribution in [0, 0.1) is 0 Å². The van der Waals surface area contributed by atoms with Crippen molar-refractivity contribution in [2.45, 2.75) is 26.7 Å². The average molecular weight is 394 g/mol. The number of carboxylic acid groups (broad SMARTS) is 1. The van der Waals surface area contributed by atoms with Gasteiger partial charge in [0.15, 0.2) is 11.5 Å². The molecular formula is C18H20NO5S2-. The van der Waals surface area contributed by atoms with Crippen LogP contribution in [0.15, 0.2) is 23.1 Å². The minimum atomic E-state index is -1.35. The third-order valence-electron chi connectivity index (χ3n) is 3.48. The zero-order valence-electron chi connectivity index (χ0n) is 14.6. The van der Waals surface area contributed by atoms with Crippen LogP contribution in [0.25, 0.3) is 6.08 Å². The fraction of sp³-hybridized carbons (Fsp3) is 0.389. The first kappa shape index (κ1) is 20.3. The highest BCUT2D eigenvalue weighted by Gasteiger charge is 2.31. The Balaban J connectivity index is 2.21. The first-order chi connectivity index (χ1) is 12.5. The van der Waals surface area contributed by atoms with Crippen molar-refractivity contribution in [2.24, 2.45) is 0 Å². The summed E-state index contributed by atoms with van der Waals surface area (Å²) in [4.78, 5) is 24.4. The highest BCUT2D eigenvalue weighted by molar-refractivity contribution is 8.26. The van der Waals surface area contributed by atoms with Gasteiger partial charge in [0, 0.05) is 0 Å². The fourth-order valence-electron chi connectivity index (χ4n) is 2.25. The lowest BCUT2D eigenvalue weighted by molar-refractivity contribution is -0.305. The maximum Gasteiger partial charge on any atom is 0.266 e. The number of unbranched alkanes of at least 4 members (excludes halogenated alkanes) is 1. The topological polar surface area (TPSA) is 78.9 Å². The molecule has 1 aliphatic rings. The van der Waals surface area contributed by atoms with E-state index < -0.39 is 18.4 Å². The van der Waals surface area contributed by atoms with Gasteiger partial charge in [-0.05, 0) is 37.1 Å². The Labute approximate surface area is 162 Å². The number of rotatable bonds is 9. The van der Waals surface area contributed by atoms with Gasteiger partial charge in [0.2, 0.25) is 0 Å². The zero-order chi connectivity index (χ0) is 19.1. The minimum Gasteiger partial charge on any atom is -0.548 e. The number of aliphatic carboxylic acids is 1. The first-order valence-electron chi connectivity index (χ1n) is 8.31. The van der Waals surface area contributed by atoms with E-state index in [0.717, 1.165) is 35.1 Å². The van der Waals surface area contributed by atoms with Gasteiger partial charge in [-0.15, -0.1) is 0 Å². The summed E-state index contributed by atoms with van der Waals surface area (Å²) < 4.78 is 11.6. The van der Waals surface area contributed by atoms with Crippen LogP contribution < -0.4 is 14.6 Å². The molecule has 140 valence electrons. The lowest BCUT2D eigenvalue weighted by Gasteiger charge is -2.14. The quantitative estimate of drug-likeness (QED) is 0.361. The van der Waals surface area contributed by atoms with Crippen LogP contribution in [0.1, 0.15) is 32.3 Å². The summed E-state index contributed by atoms with van der Waals surface area (Å²) in [6.45, 7) is 4.52. The Bertz CT molecular complexity index is 732. The van der Waals surface area contributed by atoms with Gasteiger partial charge in [-0.25, -0.2) is 0 Å². The lowest BCUT2D eigenvalue weighted by Crippen LogP contribution is -2.40. The Kier molecular flexibility index (Phi) is 7.47. The van der Waals surface area contributed by atoms with E-state index in [4.69, 9.17) is 21.7 Å². The molecule has 0 saturated carbocycles. The standard InChI is InChI=1S/C18H21NO5S2/c1-3-5-8-24-13-7-6-12(9-14(13)23-4-2)10-15-17(22)19(11-16(20)21)18(25)26-15/h6-7,9-10H,3-5,8,11H2,1-2H3,(H,20,21)/p-1/b15-10-. The van der Waals surface area contributed by atoms with E-state index in [1.165, 1.54) is 0 Å². The van der Waals surface area contributed by atoms with E-state index in [-0.39, 0.29) is 4.32 Å². The second-order valence-electron chi connectivity index (χ2n) is 5.48. The van der Waals surface area contributed by atoms with Crippen molar-refractivity contribution in [1.29, 1.82) is 0 Å². The third kappa shape index (κ3) is 5.22. The number of hydrogen-bond acceptors (Lipinski definition) is 7. The number of carbonyl (C=O) groups is 2. The van der Waals surface area contributed by atoms with Gasteiger partial charge in [0.05, 0.1) is 30.6 Å². The molecule has 1 aromatic carbocycles. The molecule has 1 aliphatic heterocycles. The molecule has 0 radical (unpaired) electrons. The van der Waals surface area contributed by atoms with E-state index in [9.17, 15) is 14.7 Å². The number of ether oxygens (including phenoxy) is 2. The van der Waals surface area contributed by atoms with Crippen molar-refractivity contribution in [2.75, 3.05) is 19.8 Å². The normalized spacial score (nSPS) is 15.6. The summed E-state index contributed by atoms with van der Waals surface area (Å²) in [5, 5.41) is 10.7. The molecule has 0 N–H and O–H groups in total. The molecule has 6 nitrogen and oxygen atoms in total. The molecule has 1 amide bonds. The van der Waals surface area contributed by atoms with Gasteiger partial charge in [-0.3, -0.25) is 9.69 Å². The molecule has 0 unspecified atom stereocenters. The van der Waals surface area contributed by atoms with E-state index in [2.05, 4.69) is 6.92 Å². The van der Waals surface area contributed by atoms with Crippen molar-refractivity contribution in [1.82, 2.24) is 4.90 Å². The lowest BCUT2D eigenvalue weighted by atomic mass is 10.2. The van der Waals surface area contributed by atoms with E-state index in [1.54, 1.807) is 18.2 Å². The molecule has 1 fully saturated rings. The van der Waals surface area contributed by atoms with Crippen LogP contribution in [0.5, 0.6) is 11.5 Å². The van der Waals surface area contributed by atoms with Crippen LogP contribution in [0.3, 0.4) is 0 Å². The summed E-state index contributed by atoms with van der Waals surface area (Å²) in [7, 11) is 0. The van der Waals surface area contributed by atoms with Gasteiger partial charge < -0.3 is 19.4 Å². The molecule has 1 saturated heterocycles. The summed E-state index contributed by atoms with van der Waals surface area (Å²) in [5.41, 5.74) is 0.741. The Morgan fingerprint density at radius 2 is 2.08 bits per heavy atom. The smallest absolute Gasteiger partial charge is 0.266 e. The molecule has 0 atom stereocenters. The van der Waals surface area contributed by atoms with Gasteiger partial charge >= 0.3 is 0 Å². The number of carbonyl (C=O) groups excluding carboxylic acids is 2. The van der Waals surface area contributed by atoms with Crippen LogP contribution in [0.4, 0.5) is 0 Å². The molecule has 8 heteroatoms. The van der Waals surface area contributed by atoms with Gasteiger partial charge in [-0.2, -0.15) is 0 Å². The minimum absolute atomic E-state index is 0.204. The molecule has 0 aromatic heterocycles. The van der Waals surface area contributed by atoms with Gasteiger partial charge in [0.1, 0.15) is 4.32 Å². The molecular weight excluding hydrogens is 374 g/mol. The van der Waals surface area contributed by atoms with Crippen molar-refractivity contribution in [3.63, 3.8) is 0 Å². The number of amides is 1. The molecule has 0 spiro atoms. The summed E-state index contributed by atoms with van der Waals surface area (Å²) >= 11 is 6.13. The average Bonchev–Trinajstić information content (AvgIpc) is 2.84. The number of hydrogen-bond donors (Lipinski definition) is 0. The van der Waals surface area contributed by atoms with Gasteiger partial charge in [-0.1, -0.05) is 43.4 Å². The summed E-state index contributed by atoms with van der Waals surface area (Å²) in [6.07, 6.45) is 3.65. The van der Waals surface area contributed by atoms with Crippen molar-refractivity contribution in [3.05, 3.63) is 28.7 Å². The third-order valence-corrected chi connectivity index (χ3v) is 4.86. The largest absolute Gasteiger partial charge is 0.548 e. The predicted octanol–water partition coefficient (Wildman–Crippen LogP) is 2.22. The summed E-state index contributed by atoms with van der Waals surface area (Å²) in [6, 6.07) is 5.40. The molecule has 2 rings (SSSR count). The van der Waals surface area contributed by atoms with E-state index >= 15 is 0 Å². The van der Waals surface area contributed by atoms with Crippen molar-refractivity contribution >= 4 is 46.3 Å². The van der Waals surface area contributed by atoms with E-state index in [1.807, 2.05) is 13.0 Å². The molecule has 26 heavy (non-hydrogen) atoms. The number of thioether (sulfide) groups is 1. The summed E-state index contributed by atoms with van der Waals surface area (Å²) in [5.74, 6) is -0.537. The van der Waals surface area contributed by atoms with Crippen molar-refractivity contribution in [3.8, 4) is 11.5 Å². The van der Waals surface area contributed by atoms with Crippen LogP contribution in [0.2, 0.25) is 0 Å². The zero-order valence-corrected chi connectivity index (χ0v) is 16.3. The molecule has 1 heterocycles. The van der Waals surface area contributed by atoms with Crippen LogP contribution >= 0.6 is 24.0 Å². The highest BCUT2D eigenvalue weighted by Crippen LogP contribution is 2.34. The molecule has 1 aromatic rings. The SMILES string of the molecule is CCCCOc1ccc(/C=C2\SC(=S)N(CC(=O)[O-])C2=O)cc1OCC. The predicted molar refractivity (Wildman–Crippen MR) is 103 cm³/mol. The Morgan fingerprint density at radius 3 is 2.73 bits per heavy atom. The number of carboxylic acids is 1. The van der Waals surface area contributed by atoms with Crippen molar-refractivity contribution < 1.29 is 24.2 Å². The van der Waals surface area contributed by atoms with Crippen LogP contribution in [-0.2, 0) is 9.59 Å². The molecule has 0 aliphatic carbocycles. The molecule has 0 bridgehead atoms. The number of thiocarbonyl (C=S) groups is 1. The first-order valence-corrected chi connectivity index (χ1v) is 9.53. The monoisotopic (exact) mass is 394 g/mol. The maximum absolute atomic E-state index is 12.3. The highest BCUT2D eigenvalue weighted by atomic mass is 32.2. The maximum atomic E-state index is 12.3. The number of nitrogens with zero attached hydrogens (tertiary/aromatic N) is 1. The second-order valence-corrected chi connectivity index (χ2v) is 7.16. The second kappa shape index (κ2) is 9.59.